The first-order valence-electron chi connectivity index (χ1n) is 11.5. The lowest BCUT2D eigenvalue weighted by Crippen LogP contribution is -2.50. The standard InChI is InChI=1S/C24H32N8O.HI/c1-25-23(26-12-5-14-30-15-9-20-6-2-3-7-21(20)30)27-13-8-22(33)31-16-18-32(19-17-31)24-28-10-4-11-29-24;/h2-4,6-7,9-11,15H,5,8,12-14,16-19H2,1H3,(H2,25,26,27);1H. The highest BCUT2D eigenvalue weighted by molar-refractivity contribution is 14.0. The topological polar surface area (TPSA) is 90.7 Å². The zero-order valence-corrected chi connectivity index (χ0v) is 21.9. The van der Waals surface area contributed by atoms with Crippen molar-refractivity contribution >= 4 is 52.7 Å². The van der Waals surface area contributed by atoms with E-state index in [1.165, 1.54) is 10.9 Å². The number of carbonyl (C=O) groups is 1. The minimum atomic E-state index is 0. The maximum atomic E-state index is 12.6. The van der Waals surface area contributed by atoms with Gasteiger partial charge in [-0.2, -0.15) is 0 Å². The first-order chi connectivity index (χ1) is 16.2. The number of nitrogens with zero attached hydrogens (tertiary/aromatic N) is 6. The van der Waals surface area contributed by atoms with Crippen LogP contribution in [0, 0.1) is 0 Å². The minimum absolute atomic E-state index is 0. The van der Waals surface area contributed by atoms with E-state index in [0.717, 1.165) is 44.5 Å². The van der Waals surface area contributed by atoms with E-state index in [1.807, 2.05) is 11.0 Å². The van der Waals surface area contributed by atoms with Crippen molar-refractivity contribution in [1.82, 2.24) is 30.1 Å². The van der Waals surface area contributed by atoms with Crippen LogP contribution in [0.2, 0.25) is 0 Å². The van der Waals surface area contributed by atoms with Crippen molar-refractivity contribution in [3.05, 3.63) is 55.0 Å². The van der Waals surface area contributed by atoms with Crippen LogP contribution in [0.1, 0.15) is 12.8 Å². The molecule has 34 heavy (non-hydrogen) atoms. The predicted octanol–water partition coefficient (Wildman–Crippen LogP) is 2.34. The van der Waals surface area contributed by atoms with Crippen LogP contribution < -0.4 is 15.5 Å². The van der Waals surface area contributed by atoms with Gasteiger partial charge in [0.15, 0.2) is 5.96 Å². The summed E-state index contributed by atoms with van der Waals surface area (Å²) in [6.45, 7) is 5.20. The Labute approximate surface area is 217 Å². The highest BCUT2D eigenvalue weighted by Gasteiger charge is 2.22. The Morgan fingerprint density at radius 3 is 2.50 bits per heavy atom. The summed E-state index contributed by atoms with van der Waals surface area (Å²) >= 11 is 0. The van der Waals surface area contributed by atoms with Crippen molar-refractivity contribution in [3.8, 4) is 0 Å². The van der Waals surface area contributed by atoms with Gasteiger partial charge in [-0.25, -0.2) is 9.97 Å². The molecule has 9 nitrogen and oxygen atoms in total. The monoisotopic (exact) mass is 576 g/mol. The average Bonchev–Trinajstić information content (AvgIpc) is 3.29. The summed E-state index contributed by atoms with van der Waals surface area (Å²) in [5, 5.41) is 7.85. The van der Waals surface area contributed by atoms with Crippen LogP contribution in [0.3, 0.4) is 0 Å². The molecule has 0 unspecified atom stereocenters. The number of rotatable bonds is 8. The van der Waals surface area contributed by atoms with E-state index in [1.54, 1.807) is 19.4 Å². The van der Waals surface area contributed by atoms with Gasteiger partial charge in [-0.3, -0.25) is 9.79 Å². The summed E-state index contributed by atoms with van der Waals surface area (Å²) in [4.78, 5) is 29.5. The zero-order valence-electron chi connectivity index (χ0n) is 19.6. The molecule has 4 rings (SSSR count). The Bertz CT molecular complexity index is 1060. The molecule has 3 aromatic rings. The van der Waals surface area contributed by atoms with Crippen LogP contribution in [-0.4, -0.2) is 77.6 Å². The van der Waals surface area contributed by atoms with Crippen molar-refractivity contribution < 1.29 is 4.79 Å². The maximum Gasteiger partial charge on any atom is 0.225 e. The van der Waals surface area contributed by atoms with Crippen LogP contribution in [-0.2, 0) is 11.3 Å². The lowest BCUT2D eigenvalue weighted by Gasteiger charge is -2.34. The molecule has 1 saturated heterocycles. The zero-order chi connectivity index (χ0) is 22.9. The molecule has 0 atom stereocenters. The van der Waals surface area contributed by atoms with Crippen molar-refractivity contribution in [3.63, 3.8) is 0 Å². The largest absolute Gasteiger partial charge is 0.356 e. The lowest BCUT2D eigenvalue weighted by molar-refractivity contribution is -0.131. The van der Waals surface area contributed by atoms with Gasteiger partial charge in [0.05, 0.1) is 0 Å². The number of halogens is 1. The summed E-state index contributed by atoms with van der Waals surface area (Å²) in [5.41, 5.74) is 1.26. The van der Waals surface area contributed by atoms with Crippen LogP contribution in [0.25, 0.3) is 10.9 Å². The second kappa shape index (κ2) is 13.1. The number of para-hydroxylation sites is 1. The molecule has 2 N–H and O–H groups in total. The molecule has 0 aliphatic carbocycles. The summed E-state index contributed by atoms with van der Waals surface area (Å²) < 4.78 is 2.27. The molecule has 1 aliphatic rings. The van der Waals surface area contributed by atoms with E-state index >= 15 is 0 Å². The number of anilines is 1. The van der Waals surface area contributed by atoms with Gasteiger partial charge in [-0.15, -0.1) is 24.0 Å². The normalized spacial score (nSPS) is 14.1. The van der Waals surface area contributed by atoms with E-state index in [-0.39, 0.29) is 29.9 Å². The number of benzene rings is 1. The number of nitrogens with one attached hydrogen (secondary N) is 2. The van der Waals surface area contributed by atoms with Gasteiger partial charge in [0.1, 0.15) is 0 Å². The molecular weight excluding hydrogens is 543 g/mol. The molecule has 2 aromatic heterocycles. The van der Waals surface area contributed by atoms with Gasteiger partial charge in [-0.05, 0) is 30.0 Å². The number of aromatic nitrogens is 3. The van der Waals surface area contributed by atoms with Gasteiger partial charge in [0.25, 0.3) is 0 Å². The van der Waals surface area contributed by atoms with Crippen molar-refractivity contribution in [1.29, 1.82) is 0 Å². The Balaban J connectivity index is 0.00000324. The molecule has 0 radical (unpaired) electrons. The summed E-state index contributed by atoms with van der Waals surface area (Å²) in [5.74, 6) is 1.61. The molecule has 1 amide bonds. The fourth-order valence-corrected chi connectivity index (χ4v) is 4.07. The third kappa shape index (κ3) is 6.81. The summed E-state index contributed by atoms with van der Waals surface area (Å²) in [6.07, 6.45) is 7.05. The van der Waals surface area contributed by atoms with Crippen molar-refractivity contribution in [2.45, 2.75) is 19.4 Å². The molecule has 1 aliphatic heterocycles. The average molecular weight is 576 g/mol. The molecule has 10 heteroatoms. The molecule has 0 spiro atoms. The molecule has 0 saturated carbocycles. The van der Waals surface area contributed by atoms with Crippen molar-refractivity contribution in [2.24, 2.45) is 4.99 Å². The number of aryl methyl sites for hydroxylation is 1. The van der Waals surface area contributed by atoms with Crippen molar-refractivity contribution in [2.75, 3.05) is 51.2 Å². The second-order valence-electron chi connectivity index (χ2n) is 8.01. The highest BCUT2D eigenvalue weighted by atomic mass is 127. The molecular formula is C24H33IN8O. The maximum absolute atomic E-state index is 12.6. The Morgan fingerprint density at radius 1 is 1.00 bits per heavy atom. The number of amides is 1. The molecule has 1 fully saturated rings. The van der Waals surface area contributed by atoms with E-state index < -0.39 is 0 Å². The molecule has 3 heterocycles. The van der Waals surface area contributed by atoms with E-state index in [0.29, 0.717) is 26.1 Å². The van der Waals surface area contributed by atoms with E-state index in [2.05, 4.69) is 71.6 Å². The highest BCUT2D eigenvalue weighted by Crippen LogP contribution is 2.15. The Kier molecular flexibility index (Phi) is 9.92. The first kappa shape index (κ1) is 25.7. The smallest absolute Gasteiger partial charge is 0.225 e. The quantitative estimate of drug-likeness (QED) is 0.185. The van der Waals surface area contributed by atoms with Gasteiger partial charge < -0.3 is 25.0 Å². The summed E-state index contributed by atoms with van der Waals surface area (Å²) in [7, 11) is 1.75. The number of carbonyl (C=O) groups excluding carboxylic acids is 1. The second-order valence-corrected chi connectivity index (χ2v) is 8.01. The van der Waals surface area contributed by atoms with Gasteiger partial charge in [0, 0.05) is 83.4 Å². The third-order valence-corrected chi connectivity index (χ3v) is 5.87. The Hall–Kier alpha value is -2.89. The first-order valence-corrected chi connectivity index (χ1v) is 11.5. The number of aliphatic imine (C=N–C) groups is 1. The fourth-order valence-electron chi connectivity index (χ4n) is 4.07. The molecule has 182 valence electrons. The van der Waals surface area contributed by atoms with Gasteiger partial charge in [-0.1, -0.05) is 18.2 Å². The summed E-state index contributed by atoms with van der Waals surface area (Å²) in [6, 6.07) is 12.4. The number of fused-ring (bicyclic) bond motifs is 1. The number of guanidine groups is 1. The molecule has 0 bridgehead atoms. The van der Waals surface area contributed by atoms with E-state index in [9.17, 15) is 4.79 Å². The lowest BCUT2D eigenvalue weighted by atomic mass is 10.2. The van der Waals surface area contributed by atoms with Gasteiger partial charge in [0.2, 0.25) is 11.9 Å². The van der Waals surface area contributed by atoms with Gasteiger partial charge >= 0.3 is 0 Å². The SMILES string of the molecule is CN=C(NCCCn1ccc2ccccc21)NCCC(=O)N1CCN(c2ncccn2)CC1.I. The Morgan fingerprint density at radius 2 is 1.74 bits per heavy atom. The third-order valence-electron chi connectivity index (χ3n) is 5.87. The molecule has 1 aromatic carbocycles. The number of piperazine rings is 1. The van der Waals surface area contributed by atoms with Crippen LogP contribution in [0.15, 0.2) is 60.0 Å². The number of hydrogen-bond donors (Lipinski definition) is 2. The van der Waals surface area contributed by atoms with Crippen LogP contribution >= 0.6 is 24.0 Å². The van der Waals surface area contributed by atoms with E-state index in [4.69, 9.17) is 0 Å². The van der Waals surface area contributed by atoms with Crippen LogP contribution in [0.4, 0.5) is 5.95 Å². The van der Waals surface area contributed by atoms with Crippen LogP contribution in [0.5, 0.6) is 0 Å². The fraction of sp³-hybridized carbons (Fsp3) is 0.417. The number of hydrogen-bond acceptors (Lipinski definition) is 5. The predicted molar refractivity (Wildman–Crippen MR) is 147 cm³/mol. The minimum Gasteiger partial charge on any atom is -0.356 e.